The molecule has 3 rings (SSSR count). The number of piperidine rings is 1. The number of nitrogens with one attached hydrogen (secondary N) is 1. The Morgan fingerprint density at radius 3 is 2.46 bits per heavy atom. The minimum atomic E-state index is -4.69. The lowest BCUT2D eigenvalue weighted by atomic mass is 9.98. The summed E-state index contributed by atoms with van der Waals surface area (Å²) < 4.78 is 41.7. The predicted octanol–water partition coefficient (Wildman–Crippen LogP) is 2.99. The number of rotatable bonds is 3. The second-order valence-corrected chi connectivity index (χ2v) is 6.04. The Labute approximate surface area is 146 Å². The molecule has 1 fully saturated rings. The monoisotopic (exact) mass is 370 g/mol. The first-order valence-corrected chi connectivity index (χ1v) is 8.05. The average Bonchev–Trinajstić information content (AvgIpc) is 3.13. The minimum absolute atomic E-state index is 0.128. The summed E-state index contributed by atoms with van der Waals surface area (Å²) in [5.74, 6) is -1.35. The Morgan fingerprint density at radius 2 is 1.92 bits per heavy atom. The molecule has 2 amide bonds. The summed E-state index contributed by atoms with van der Waals surface area (Å²) in [6, 6.07) is 5.85. The van der Waals surface area contributed by atoms with Crippen molar-refractivity contribution in [2.45, 2.75) is 19.0 Å². The summed E-state index contributed by atoms with van der Waals surface area (Å²) in [6.07, 6.45) is -3.19. The van der Waals surface area contributed by atoms with E-state index < -0.39 is 12.1 Å². The van der Waals surface area contributed by atoms with Crippen molar-refractivity contribution in [3.8, 4) is 11.4 Å². The largest absolute Gasteiger partial charge is 0.471 e. The smallest absolute Gasteiger partial charge is 0.396 e. The zero-order valence-electron chi connectivity index (χ0n) is 13.7. The van der Waals surface area contributed by atoms with Crippen molar-refractivity contribution in [1.82, 2.24) is 15.0 Å². The molecule has 0 radical (unpaired) electrons. The van der Waals surface area contributed by atoms with Crippen molar-refractivity contribution < 1.29 is 27.6 Å². The molecule has 0 aliphatic carbocycles. The lowest BCUT2D eigenvalue weighted by molar-refractivity contribution is -0.159. The first kappa shape index (κ1) is 18.2. The van der Waals surface area contributed by atoms with Crippen LogP contribution in [-0.4, -0.2) is 45.9 Å². The third-order valence-electron chi connectivity index (χ3n) is 4.22. The second kappa shape index (κ2) is 7.32. The van der Waals surface area contributed by atoms with Gasteiger partial charge < -0.3 is 19.8 Å². The van der Waals surface area contributed by atoms with Gasteiger partial charge in [-0.3, -0.25) is 0 Å². The van der Waals surface area contributed by atoms with Gasteiger partial charge in [0.2, 0.25) is 5.82 Å². The molecule has 1 saturated heterocycles. The van der Waals surface area contributed by atoms with Gasteiger partial charge in [0.05, 0.1) is 0 Å². The van der Waals surface area contributed by atoms with E-state index in [4.69, 9.17) is 5.11 Å². The Balaban J connectivity index is 1.61. The van der Waals surface area contributed by atoms with Gasteiger partial charge in [0, 0.05) is 30.9 Å². The molecule has 140 valence electrons. The minimum Gasteiger partial charge on any atom is -0.396 e. The van der Waals surface area contributed by atoms with Crippen LogP contribution in [0.5, 0.6) is 0 Å². The van der Waals surface area contributed by atoms with E-state index in [0.717, 1.165) is 12.8 Å². The molecule has 26 heavy (non-hydrogen) atoms. The number of aliphatic hydroxyl groups is 1. The van der Waals surface area contributed by atoms with Crippen LogP contribution in [0, 0.1) is 5.92 Å². The highest BCUT2D eigenvalue weighted by molar-refractivity contribution is 5.89. The number of anilines is 1. The van der Waals surface area contributed by atoms with E-state index in [1.165, 1.54) is 12.1 Å². The molecular formula is C16H17F3N4O3. The van der Waals surface area contributed by atoms with Crippen molar-refractivity contribution in [3.05, 3.63) is 30.2 Å². The molecule has 2 heterocycles. The number of urea groups is 1. The molecule has 0 spiro atoms. The summed E-state index contributed by atoms with van der Waals surface area (Å²) in [4.78, 5) is 17.2. The first-order valence-electron chi connectivity index (χ1n) is 8.05. The van der Waals surface area contributed by atoms with E-state index in [0.29, 0.717) is 24.3 Å². The molecule has 1 aromatic heterocycles. The first-order chi connectivity index (χ1) is 12.4. The van der Waals surface area contributed by atoms with Gasteiger partial charge in [-0.1, -0.05) is 5.16 Å². The number of alkyl halides is 3. The van der Waals surface area contributed by atoms with Crippen LogP contribution in [0.25, 0.3) is 11.4 Å². The van der Waals surface area contributed by atoms with Gasteiger partial charge in [-0.15, -0.1) is 0 Å². The second-order valence-electron chi connectivity index (χ2n) is 6.04. The van der Waals surface area contributed by atoms with Crippen LogP contribution in [0.1, 0.15) is 18.7 Å². The normalized spacial score (nSPS) is 15.9. The molecule has 7 nitrogen and oxygen atoms in total. The summed E-state index contributed by atoms with van der Waals surface area (Å²) in [5.41, 5.74) is 0.841. The molecular weight excluding hydrogens is 353 g/mol. The molecule has 0 bridgehead atoms. The third-order valence-corrected chi connectivity index (χ3v) is 4.22. The number of carbonyl (C=O) groups excluding carboxylic acids is 1. The van der Waals surface area contributed by atoms with Crippen molar-refractivity contribution in [2.75, 3.05) is 25.0 Å². The van der Waals surface area contributed by atoms with Gasteiger partial charge in [0.25, 0.3) is 0 Å². The van der Waals surface area contributed by atoms with E-state index >= 15 is 0 Å². The standard InChI is InChI=1S/C16H17F3N4O3/c17-16(18,19)14-21-13(22-26-14)11-1-3-12(4-2-11)20-15(25)23-7-5-10(9-24)6-8-23/h1-4,10,24H,5-9H2,(H,20,25). The number of likely N-dealkylation sites (tertiary alicyclic amines) is 1. The summed E-state index contributed by atoms with van der Waals surface area (Å²) in [5, 5.41) is 15.2. The van der Waals surface area contributed by atoms with Crippen molar-refractivity contribution >= 4 is 11.7 Å². The number of halogens is 3. The number of amides is 2. The highest BCUT2D eigenvalue weighted by Gasteiger charge is 2.38. The zero-order valence-corrected chi connectivity index (χ0v) is 13.7. The van der Waals surface area contributed by atoms with E-state index in [-0.39, 0.29) is 24.4 Å². The maximum Gasteiger partial charge on any atom is 0.471 e. The number of aliphatic hydroxyl groups excluding tert-OH is 1. The Bertz CT molecular complexity index is 753. The van der Waals surface area contributed by atoms with Crippen LogP contribution in [-0.2, 0) is 6.18 Å². The Kier molecular flexibility index (Phi) is 5.12. The van der Waals surface area contributed by atoms with E-state index in [1.54, 1.807) is 17.0 Å². The molecule has 1 aromatic carbocycles. The zero-order chi connectivity index (χ0) is 18.7. The van der Waals surface area contributed by atoms with Crippen molar-refractivity contribution in [3.63, 3.8) is 0 Å². The van der Waals surface area contributed by atoms with Crippen LogP contribution in [0.3, 0.4) is 0 Å². The van der Waals surface area contributed by atoms with Gasteiger partial charge in [-0.25, -0.2) is 4.79 Å². The van der Waals surface area contributed by atoms with Gasteiger partial charge in [0.1, 0.15) is 0 Å². The fourth-order valence-electron chi connectivity index (χ4n) is 2.68. The summed E-state index contributed by atoms with van der Waals surface area (Å²) >= 11 is 0. The van der Waals surface area contributed by atoms with Crippen molar-refractivity contribution in [2.24, 2.45) is 5.92 Å². The number of aromatic nitrogens is 2. The topological polar surface area (TPSA) is 91.5 Å². The van der Waals surface area contributed by atoms with E-state index in [1.807, 2.05) is 0 Å². The van der Waals surface area contributed by atoms with Crippen LogP contribution >= 0.6 is 0 Å². The molecule has 2 N–H and O–H groups in total. The molecule has 0 atom stereocenters. The number of carbonyl (C=O) groups is 1. The maximum atomic E-state index is 12.5. The van der Waals surface area contributed by atoms with Gasteiger partial charge in [-0.2, -0.15) is 18.2 Å². The van der Waals surface area contributed by atoms with Crippen LogP contribution in [0.4, 0.5) is 23.7 Å². The molecule has 2 aromatic rings. The molecule has 1 aliphatic heterocycles. The highest BCUT2D eigenvalue weighted by Crippen LogP contribution is 2.29. The van der Waals surface area contributed by atoms with E-state index in [9.17, 15) is 18.0 Å². The van der Waals surface area contributed by atoms with Crippen LogP contribution in [0.15, 0.2) is 28.8 Å². The lowest BCUT2D eigenvalue weighted by Crippen LogP contribution is -2.41. The maximum absolute atomic E-state index is 12.5. The fraction of sp³-hybridized carbons (Fsp3) is 0.438. The van der Waals surface area contributed by atoms with Gasteiger partial charge in [-0.05, 0) is 43.0 Å². The SMILES string of the molecule is O=C(Nc1ccc(-c2noc(C(F)(F)F)n2)cc1)N1CCC(CO)CC1. The number of benzene rings is 1. The van der Waals surface area contributed by atoms with Gasteiger partial charge >= 0.3 is 18.1 Å². The molecule has 0 saturated carbocycles. The van der Waals surface area contributed by atoms with Crippen molar-refractivity contribution in [1.29, 1.82) is 0 Å². The Hall–Kier alpha value is -2.62. The Morgan fingerprint density at radius 1 is 1.27 bits per heavy atom. The number of nitrogens with zero attached hydrogens (tertiary/aromatic N) is 3. The average molecular weight is 370 g/mol. The quantitative estimate of drug-likeness (QED) is 0.867. The number of hydrogen-bond acceptors (Lipinski definition) is 5. The molecule has 1 aliphatic rings. The third kappa shape index (κ3) is 4.13. The predicted molar refractivity (Wildman–Crippen MR) is 85.1 cm³/mol. The van der Waals surface area contributed by atoms with Crippen LogP contribution in [0.2, 0.25) is 0 Å². The van der Waals surface area contributed by atoms with Gasteiger partial charge in [0.15, 0.2) is 0 Å². The van der Waals surface area contributed by atoms with Crippen LogP contribution < -0.4 is 5.32 Å². The lowest BCUT2D eigenvalue weighted by Gasteiger charge is -2.31. The molecule has 10 heteroatoms. The van der Waals surface area contributed by atoms with E-state index in [2.05, 4.69) is 20.0 Å². The summed E-state index contributed by atoms with van der Waals surface area (Å²) in [6.45, 7) is 1.26. The molecule has 0 unspecified atom stereocenters. The summed E-state index contributed by atoms with van der Waals surface area (Å²) in [7, 11) is 0. The fourth-order valence-corrected chi connectivity index (χ4v) is 2.68. The highest BCUT2D eigenvalue weighted by atomic mass is 19.4. The number of hydrogen-bond donors (Lipinski definition) is 2.